The Bertz CT molecular complexity index is 1020. The van der Waals surface area contributed by atoms with Crippen LogP contribution < -0.4 is 10.6 Å². The molecule has 0 bridgehead atoms. The van der Waals surface area contributed by atoms with Gasteiger partial charge in [0.2, 0.25) is 5.91 Å². The van der Waals surface area contributed by atoms with Gasteiger partial charge in [-0.15, -0.1) is 11.3 Å². The molecule has 2 aliphatic carbocycles. The van der Waals surface area contributed by atoms with E-state index in [9.17, 15) is 19.8 Å². The molecule has 8 nitrogen and oxygen atoms in total. The van der Waals surface area contributed by atoms with Gasteiger partial charge < -0.3 is 19.9 Å². The van der Waals surface area contributed by atoms with Crippen LogP contribution in [0.3, 0.4) is 0 Å². The van der Waals surface area contributed by atoms with Crippen molar-refractivity contribution >= 4 is 28.3 Å². The van der Waals surface area contributed by atoms with Gasteiger partial charge in [-0.1, -0.05) is 13.8 Å². The van der Waals surface area contributed by atoms with Crippen molar-refractivity contribution in [3.63, 3.8) is 0 Å². The van der Waals surface area contributed by atoms with Crippen molar-refractivity contribution in [2.75, 3.05) is 11.9 Å². The number of aromatic nitrogens is 1. The molecule has 0 radical (unpaired) electrons. The second-order valence-corrected chi connectivity index (χ2v) is 11.3. The molecule has 1 saturated carbocycles. The number of rotatable bonds is 6. The third kappa shape index (κ3) is 4.22. The molecule has 33 heavy (non-hydrogen) atoms. The van der Waals surface area contributed by atoms with Crippen LogP contribution in [0.2, 0.25) is 0 Å². The number of nitrogens with one attached hydrogen (secondary N) is 2. The topological polar surface area (TPSA) is 125 Å². The van der Waals surface area contributed by atoms with E-state index in [1.54, 1.807) is 12.1 Å². The molecule has 0 spiro atoms. The fourth-order valence-corrected chi connectivity index (χ4v) is 6.90. The predicted molar refractivity (Wildman–Crippen MR) is 125 cm³/mol. The minimum absolute atomic E-state index is 0.0265. The Labute approximate surface area is 197 Å². The number of amides is 2. The molecule has 180 valence electrons. The number of carbonyl (C=O) groups excluding carboxylic acids is 2. The predicted octanol–water partition coefficient (Wildman–Crippen LogP) is 3.32. The second kappa shape index (κ2) is 8.85. The number of nitrogens with zero attached hydrogens (tertiary/aromatic N) is 1. The quantitative estimate of drug-likeness (QED) is 0.508. The molecule has 1 fully saturated rings. The van der Waals surface area contributed by atoms with Gasteiger partial charge in [-0.3, -0.25) is 14.9 Å². The van der Waals surface area contributed by atoms with Crippen LogP contribution in [0.15, 0.2) is 22.8 Å². The molecule has 2 aromatic heterocycles. The number of carbonyl (C=O) groups is 2. The van der Waals surface area contributed by atoms with Crippen LogP contribution in [-0.2, 0) is 11.2 Å². The lowest BCUT2D eigenvalue weighted by Crippen LogP contribution is -2.57. The van der Waals surface area contributed by atoms with E-state index >= 15 is 0 Å². The van der Waals surface area contributed by atoms with E-state index in [4.69, 9.17) is 9.40 Å². The van der Waals surface area contributed by atoms with Crippen molar-refractivity contribution in [3.8, 4) is 0 Å². The summed E-state index contributed by atoms with van der Waals surface area (Å²) in [6, 6.07) is 3.27. The number of fused-ring (bicyclic) bond motifs is 2. The van der Waals surface area contributed by atoms with Gasteiger partial charge in [-0.25, -0.2) is 4.98 Å². The Morgan fingerprint density at radius 1 is 1.36 bits per heavy atom. The Morgan fingerprint density at radius 2 is 2.12 bits per heavy atom. The highest BCUT2D eigenvalue weighted by atomic mass is 32.1. The summed E-state index contributed by atoms with van der Waals surface area (Å²) in [7, 11) is 0. The zero-order valence-corrected chi connectivity index (χ0v) is 20.4. The zero-order chi connectivity index (χ0) is 24.0. The smallest absolute Gasteiger partial charge is 0.293 e. The van der Waals surface area contributed by atoms with E-state index in [0.29, 0.717) is 18.0 Å². The molecule has 2 heterocycles. The fraction of sp³-hybridized carbons (Fsp3) is 0.625. The zero-order valence-electron chi connectivity index (χ0n) is 19.6. The standard InChI is InChI=1S/C24H33N3O5S/c1-13(2)25-19(30)10-14-20-16(33-22(26-20)27-21(31)15-6-5-9-32-15)11-17-23(14,3)8-7-18(29)24(17,4)12-28/h5-6,9,13-14,17-18,28-29H,7-8,10-12H2,1-4H3,(H,25,30)(H,26,27,31). The fourth-order valence-electron chi connectivity index (χ4n) is 5.83. The minimum Gasteiger partial charge on any atom is -0.459 e. The summed E-state index contributed by atoms with van der Waals surface area (Å²) >= 11 is 1.39. The third-order valence-electron chi connectivity index (χ3n) is 7.70. The van der Waals surface area contributed by atoms with Crippen LogP contribution in [0, 0.1) is 16.7 Å². The lowest BCUT2D eigenvalue weighted by Gasteiger charge is -2.58. The van der Waals surface area contributed by atoms with E-state index in [2.05, 4.69) is 17.6 Å². The van der Waals surface area contributed by atoms with Crippen LogP contribution in [0.25, 0.3) is 0 Å². The Kier molecular flexibility index (Phi) is 6.41. The summed E-state index contributed by atoms with van der Waals surface area (Å²) < 4.78 is 5.18. The highest BCUT2D eigenvalue weighted by Gasteiger charge is 2.59. The molecule has 0 saturated heterocycles. The molecule has 2 amide bonds. The Balaban J connectivity index is 1.72. The van der Waals surface area contributed by atoms with E-state index < -0.39 is 11.5 Å². The van der Waals surface area contributed by atoms with E-state index in [-0.39, 0.29) is 53.9 Å². The number of anilines is 1. The largest absolute Gasteiger partial charge is 0.459 e. The molecule has 9 heteroatoms. The average molecular weight is 476 g/mol. The molecular weight excluding hydrogens is 442 g/mol. The summed E-state index contributed by atoms with van der Waals surface area (Å²) in [5, 5.41) is 27.4. The number of furan rings is 1. The lowest BCUT2D eigenvalue weighted by molar-refractivity contribution is -0.144. The summed E-state index contributed by atoms with van der Waals surface area (Å²) in [6.07, 6.45) is 3.03. The van der Waals surface area contributed by atoms with Gasteiger partial charge in [-0.05, 0) is 56.6 Å². The molecule has 4 N–H and O–H groups in total. The minimum atomic E-state index is -0.682. The second-order valence-electron chi connectivity index (χ2n) is 10.2. The molecule has 5 unspecified atom stereocenters. The van der Waals surface area contributed by atoms with Crippen LogP contribution in [0.4, 0.5) is 5.13 Å². The monoisotopic (exact) mass is 475 g/mol. The SMILES string of the molecule is CC(C)NC(=O)CC1c2nc(NC(=O)c3ccco3)sc2CC2C(C)(CO)C(O)CCC12C. The molecule has 2 aromatic rings. The summed E-state index contributed by atoms with van der Waals surface area (Å²) in [5.41, 5.74) is -0.169. The van der Waals surface area contributed by atoms with E-state index in [1.165, 1.54) is 17.6 Å². The summed E-state index contributed by atoms with van der Waals surface area (Å²) in [4.78, 5) is 31.1. The highest BCUT2D eigenvalue weighted by molar-refractivity contribution is 7.15. The van der Waals surface area contributed by atoms with Crippen molar-refractivity contribution in [1.29, 1.82) is 0 Å². The number of aliphatic hydroxyl groups is 2. The maximum atomic E-state index is 12.9. The summed E-state index contributed by atoms with van der Waals surface area (Å²) in [6.45, 7) is 7.83. The van der Waals surface area contributed by atoms with Gasteiger partial charge in [0.1, 0.15) is 0 Å². The molecule has 2 aliphatic rings. The third-order valence-corrected chi connectivity index (χ3v) is 8.71. The van der Waals surface area contributed by atoms with Crippen LogP contribution >= 0.6 is 11.3 Å². The number of hydrogen-bond donors (Lipinski definition) is 4. The van der Waals surface area contributed by atoms with Gasteiger partial charge in [-0.2, -0.15) is 0 Å². The Morgan fingerprint density at radius 3 is 2.76 bits per heavy atom. The van der Waals surface area contributed by atoms with Crippen molar-refractivity contribution in [2.24, 2.45) is 16.7 Å². The van der Waals surface area contributed by atoms with Gasteiger partial charge in [0.05, 0.1) is 24.7 Å². The molecular formula is C24H33N3O5S. The van der Waals surface area contributed by atoms with Crippen molar-refractivity contribution in [1.82, 2.24) is 10.3 Å². The van der Waals surface area contributed by atoms with E-state index in [0.717, 1.165) is 17.0 Å². The summed E-state index contributed by atoms with van der Waals surface area (Å²) in [5.74, 6) is -0.438. The van der Waals surface area contributed by atoms with Crippen molar-refractivity contribution < 1.29 is 24.2 Å². The van der Waals surface area contributed by atoms with Gasteiger partial charge in [0.25, 0.3) is 5.91 Å². The first kappa shape index (κ1) is 23.9. The lowest BCUT2D eigenvalue weighted by atomic mass is 9.47. The molecule has 4 rings (SSSR count). The first-order chi connectivity index (χ1) is 15.6. The van der Waals surface area contributed by atoms with Crippen LogP contribution in [0.1, 0.15) is 74.0 Å². The van der Waals surface area contributed by atoms with Gasteiger partial charge in [0.15, 0.2) is 10.9 Å². The molecule has 0 aliphatic heterocycles. The Hall–Kier alpha value is -2.23. The first-order valence-corrected chi connectivity index (χ1v) is 12.3. The number of hydrogen-bond acceptors (Lipinski definition) is 7. The van der Waals surface area contributed by atoms with Crippen molar-refractivity contribution in [2.45, 2.75) is 71.4 Å². The molecule has 0 aromatic carbocycles. The molecule has 5 atom stereocenters. The maximum absolute atomic E-state index is 12.9. The van der Waals surface area contributed by atoms with Gasteiger partial charge in [0, 0.05) is 28.7 Å². The average Bonchev–Trinajstić information content (AvgIpc) is 3.42. The van der Waals surface area contributed by atoms with Crippen LogP contribution in [0.5, 0.6) is 0 Å². The van der Waals surface area contributed by atoms with Crippen molar-refractivity contribution in [3.05, 3.63) is 34.7 Å². The number of aliphatic hydroxyl groups excluding tert-OH is 2. The number of thiazole rings is 1. The normalized spacial score (nSPS) is 31.1. The highest BCUT2D eigenvalue weighted by Crippen LogP contribution is 2.62. The maximum Gasteiger partial charge on any atom is 0.293 e. The van der Waals surface area contributed by atoms with Crippen LogP contribution in [-0.4, -0.2) is 45.8 Å². The first-order valence-electron chi connectivity index (χ1n) is 11.5. The van der Waals surface area contributed by atoms with E-state index in [1.807, 2.05) is 20.8 Å². The van der Waals surface area contributed by atoms with Gasteiger partial charge >= 0.3 is 0 Å².